The van der Waals surface area contributed by atoms with E-state index in [9.17, 15) is 4.79 Å². The number of benzene rings is 1. The maximum absolute atomic E-state index is 9.82. The number of esters is 1. The average molecular weight is 195 g/mol. The minimum atomic E-state index is -0.211. The first-order valence-electron chi connectivity index (χ1n) is 4.58. The molecule has 1 rings (SSSR count). The van der Waals surface area contributed by atoms with Crippen LogP contribution in [-0.2, 0) is 16.1 Å². The Morgan fingerprint density at radius 1 is 1.36 bits per heavy atom. The smallest absolute Gasteiger partial charge is 0.302 e. The monoisotopic (exact) mass is 195 g/mol. The summed E-state index contributed by atoms with van der Waals surface area (Å²) in [7, 11) is 0. The first-order chi connectivity index (χ1) is 6.70. The van der Waals surface area contributed by atoms with Crippen LogP contribution in [-0.4, -0.2) is 12.6 Å². The van der Waals surface area contributed by atoms with E-state index < -0.39 is 0 Å². The first kappa shape index (κ1) is 12.7. The molecule has 78 valence electrons. The van der Waals surface area contributed by atoms with Gasteiger partial charge in [-0.25, -0.2) is 0 Å². The van der Waals surface area contributed by atoms with Gasteiger partial charge >= 0.3 is 5.97 Å². The van der Waals surface area contributed by atoms with Crippen LogP contribution < -0.4 is 5.73 Å². The van der Waals surface area contributed by atoms with Crippen LogP contribution in [0.4, 0.5) is 0 Å². The van der Waals surface area contributed by atoms with Gasteiger partial charge in [0.1, 0.15) is 0 Å². The predicted molar refractivity (Wildman–Crippen MR) is 56.6 cm³/mol. The predicted octanol–water partition coefficient (Wildman–Crippen LogP) is 1.71. The van der Waals surface area contributed by atoms with Gasteiger partial charge < -0.3 is 10.5 Å². The normalized spacial score (nSPS) is 8.50. The van der Waals surface area contributed by atoms with Crippen LogP contribution in [0, 0.1) is 0 Å². The van der Waals surface area contributed by atoms with E-state index >= 15 is 0 Å². The van der Waals surface area contributed by atoms with Gasteiger partial charge in [-0.05, 0) is 12.5 Å². The molecule has 0 saturated carbocycles. The van der Waals surface area contributed by atoms with Gasteiger partial charge in [-0.15, -0.1) is 0 Å². The van der Waals surface area contributed by atoms with Crippen molar-refractivity contribution in [2.45, 2.75) is 20.4 Å². The number of rotatable bonds is 2. The molecular formula is C11H17NO2. The Morgan fingerprint density at radius 2 is 1.93 bits per heavy atom. The molecule has 0 saturated heterocycles. The Kier molecular flexibility index (Phi) is 7.46. The van der Waals surface area contributed by atoms with Gasteiger partial charge in [-0.1, -0.05) is 30.3 Å². The molecule has 0 amide bonds. The van der Waals surface area contributed by atoms with Gasteiger partial charge in [-0.3, -0.25) is 4.79 Å². The van der Waals surface area contributed by atoms with Gasteiger partial charge in [-0.2, -0.15) is 0 Å². The highest BCUT2D eigenvalue weighted by atomic mass is 16.5. The van der Waals surface area contributed by atoms with E-state index in [1.54, 1.807) is 6.92 Å². The standard InChI is InChI=1S/C7H9N.C4H8O2/c8-6-7-4-2-1-3-5-7;1-3-6-4(2)5/h1-5H,6,8H2;3H2,1-2H3. The summed E-state index contributed by atoms with van der Waals surface area (Å²) in [5, 5.41) is 0. The second kappa shape index (κ2) is 8.26. The molecule has 2 N–H and O–H groups in total. The lowest BCUT2D eigenvalue weighted by atomic mass is 10.2. The third kappa shape index (κ3) is 7.31. The second-order valence-corrected chi connectivity index (χ2v) is 2.61. The quantitative estimate of drug-likeness (QED) is 0.731. The molecule has 0 aliphatic heterocycles. The number of carbonyl (C=O) groups excluding carboxylic acids is 1. The third-order valence-electron chi connectivity index (χ3n) is 1.43. The van der Waals surface area contributed by atoms with Crippen LogP contribution in [0.25, 0.3) is 0 Å². The minimum Gasteiger partial charge on any atom is -0.466 e. The lowest BCUT2D eigenvalue weighted by molar-refractivity contribution is -0.140. The molecule has 0 radical (unpaired) electrons. The van der Waals surface area contributed by atoms with E-state index in [0.29, 0.717) is 13.2 Å². The fraction of sp³-hybridized carbons (Fsp3) is 0.364. The van der Waals surface area contributed by atoms with Crippen LogP contribution in [0.3, 0.4) is 0 Å². The fourth-order valence-corrected chi connectivity index (χ4v) is 0.817. The van der Waals surface area contributed by atoms with Crippen molar-refractivity contribution < 1.29 is 9.53 Å². The second-order valence-electron chi connectivity index (χ2n) is 2.61. The molecule has 0 aromatic heterocycles. The maximum Gasteiger partial charge on any atom is 0.302 e. The molecule has 0 aliphatic carbocycles. The summed E-state index contributed by atoms with van der Waals surface area (Å²) in [6.45, 7) is 4.29. The van der Waals surface area contributed by atoms with Crippen LogP contribution >= 0.6 is 0 Å². The lowest BCUT2D eigenvalue weighted by Crippen LogP contribution is -1.95. The molecule has 0 heterocycles. The number of hydrogen-bond donors (Lipinski definition) is 1. The Labute approximate surface area is 84.9 Å². The summed E-state index contributed by atoms with van der Waals surface area (Å²) in [5.41, 5.74) is 6.54. The number of carbonyl (C=O) groups is 1. The first-order valence-corrected chi connectivity index (χ1v) is 4.58. The zero-order chi connectivity index (χ0) is 10.8. The highest BCUT2D eigenvalue weighted by Crippen LogP contribution is 1.94. The Hall–Kier alpha value is -1.35. The van der Waals surface area contributed by atoms with Crippen molar-refractivity contribution in [3.05, 3.63) is 35.9 Å². The minimum absolute atomic E-state index is 0.211. The van der Waals surface area contributed by atoms with Gasteiger partial charge in [0, 0.05) is 13.5 Å². The van der Waals surface area contributed by atoms with Crippen molar-refractivity contribution in [1.82, 2.24) is 0 Å². The highest BCUT2D eigenvalue weighted by molar-refractivity contribution is 5.65. The molecule has 0 atom stereocenters. The van der Waals surface area contributed by atoms with E-state index in [2.05, 4.69) is 4.74 Å². The fourth-order valence-electron chi connectivity index (χ4n) is 0.817. The summed E-state index contributed by atoms with van der Waals surface area (Å²) in [5.74, 6) is -0.211. The van der Waals surface area contributed by atoms with E-state index in [1.807, 2.05) is 30.3 Å². The summed E-state index contributed by atoms with van der Waals surface area (Å²) in [6, 6.07) is 9.99. The largest absolute Gasteiger partial charge is 0.466 e. The molecule has 0 spiro atoms. The molecule has 1 aromatic carbocycles. The SMILES string of the molecule is CCOC(C)=O.NCc1ccccc1. The van der Waals surface area contributed by atoms with Crippen molar-refractivity contribution in [3.8, 4) is 0 Å². The van der Waals surface area contributed by atoms with Gasteiger partial charge in [0.15, 0.2) is 0 Å². The Balaban J connectivity index is 0.000000255. The van der Waals surface area contributed by atoms with Crippen molar-refractivity contribution in [2.75, 3.05) is 6.61 Å². The summed E-state index contributed by atoms with van der Waals surface area (Å²) < 4.78 is 4.40. The van der Waals surface area contributed by atoms with Crippen LogP contribution in [0.5, 0.6) is 0 Å². The van der Waals surface area contributed by atoms with Crippen molar-refractivity contribution in [3.63, 3.8) is 0 Å². The number of ether oxygens (including phenoxy) is 1. The van der Waals surface area contributed by atoms with Crippen molar-refractivity contribution in [2.24, 2.45) is 5.73 Å². The Bertz CT molecular complexity index is 247. The van der Waals surface area contributed by atoms with Gasteiger partial charge in [0.25, 0.3) is 0 Å². The molecule has 0 aliphatic rings. The summed E-state index contributed by atoms with van der Waals surface area (Å²) >= 11 is 0. The maximum atomic E-state index is 9.82. The van der Waals surface area contributed by atoms with Crippen LogP contribution in [0.2, 0.25) is 0 Å². The van der Waals surface area contributed by atoms with Crippen molar-refractivity contribution in [1.29, 1.82) is 0 Å². The molecule has 0 bridgehead atoms. The van der Waals surface area contributed by atoms with E-state index in [4.69, 9.17) is 5.73 Å². The topological polar surface area (TPSA) is 52.3 Å². The van der Waals surface area contributed by atoms with Crippen molar-refractivity contribution >= 4 is 5.97 Å². The van der Waals surface area contributed by atoms with Crippen LogP contribution in [0.15, 0.2) is 30.3 Å². The molecule has 0 unspecified atom stereocenters. The van der Waals surface area contributed by atoms with Gasteiger partial charge in [0.05, 0.1) is 6.61 Å². The molecule has 1 aromatic rings. The zero-order valence-corrected chi connectivity index (χ0v) is 8.69. The van der Waals surface area contributed by atoms with E-state index in [1.165, 1.54) is 12.5 Å². The van der Waals surface area contributed by atoms with E-state index in [-0.39, 0.29) is 5.97 Å². The van der Waals surface area contributed by atoms with Gasteiger partial charge in [0.2, 0.25) is 0 Å². The summed E-state index contributed by atoms with van der Waals surface area (Å²) in [4.78, 5) is 9.82. The zero-order valence-electron chi connectivity index (χ0n) is 8.69. The number of nitrogens with two attached hydrogens (primary N) is 1. The third-order valence-corrected chi connectivity index (χ3v) is 1.43. The lowest BCUT2D eigenvalue weighted by Gasteiger charge is -1.90. The van der Waals surface area contributed by atoms with E-state index in [0.717, 1.165) is 0 Å². The van der Waals surface area contributed by atoms with Crippen LogP contribution in [0.1, 0.15) is 19.4 Å². The highest BCUT2D eigenvalue weighted by Gasteiger charge is 1.81. The number of hydrogen-bond acceptors (Lipinski definition) is 3. The molecule has 3 heteroatoms. The Morgan fingerprint density at radius 3 is 2.14 bits per heavy atom. The molecule has 14 heavy (non-hydrogen) atoms. The molecular weight excluding hydrogens is 178 g/mol. The average Bonchev–Trinajstić information content (AvgIpc) is 2.20. The summed E-state index contributed by atoms with van der Waals surface area (Å²) in [6.07, 6.45) is 0. The molecule has 3 nitrogen and oxygen atoms in total. The molecule has 0 fully saturated rings.